The van der Waals surface area contributed by atoms with Crippen LogP contribution in [0.25, 0.3) is 0 Å². The number of H-pyrrole nitrogens is 1. The number of amides is 1. The number of aromatic nitrogens is 3. The van der Waals surface area contributed by atoms with E-state index >= 15 is 0 Å². The first-order valence-corrected chi connectivity index (χ1v) is 6.19. The molecule has 0 bridgehead atoms. The molecule has 7 heteroatoms. The van der Waals surface area contributed by atoms with Crippen LogP contribution in [0, 0.1) is 0 Å². The Hall–Kier alpha value is -2.41. The number of para-hydroxylation sites is 1. The summed E-state index contributed by atoms with van der Waals surface area (Å²) >= 11 is 0. The van der Waals surface area contributed by atoms with Crippen molar-refractivity contribution in [3.05, 3.63) is 42.0 Å². The van der Waals surface area contributed by atoms with Crippen LogP contribution >= 0.6 is 0 Å². The van der Waals surface area contributed by atoms with Gasteiger partial charge >= 0.3 is 0 Å². The fraction of sp³-hybridized carbons (Fsp3) is 0.308. The lowest BCUT2D eigenvalue weighted by Crippen LogP contribution is -2.31. The summed E-state index contributed by atoms with van der Waals surface area (Å²) in [5.74, 6) is 1.12. The van der Waals surface area contributed by atoms with Crippen LogP contribution in [0.1, 0.15) is 11.4 Å². The summed E-state index contributed by atoms with van der Waals surface area (Å²) in [7, 11) is 1.68. The number of aromatic amines is 1. The number of nitrogens with zero attached hydrogens (tertiary/aromatic N) is 3. The maximum atomic E-state index is 11.9. The Morgan fingerprint density at radius 1 is 1.45 bits per heavy atom. The van der Waals surface area contributed by atoms with Crippen LogP contribution in [-0.2, 0) is 17.9 Å². The average molecular weight is 275 g/mol. The molecule has 106 valence electrons. The van der Waals surface area contributed by atoms with E-state index < -0.39 is 0 Å². The van der Waals surface area contributed by atoms with Crippen LogP contribution in [0.5, 0.6) is 5.75 Å². The van der Waals surface area contributed by atoms with Crippen LogP contribution in [0.15, 0.2) is 30.6 Å². The second-order valence-electron chi connectivity index (χ2n) is 4.28. The van der Waals surface area contributed by atoms with Gasteiger partial charge in [0.15, 0.2) is 6.61 Å². The molecule has 2 aromatic rings. The number of nitrogens with two attached hydrogens (primary N) is 1. The predicted octanol–water partition coefficient (Wildman–Crippen LogP) is 0.301. The maximum absolute atomic E-state index is 11.9. The van der Waals surface area contributed by atoms with E-state index in [0.29, 0.717) is 24.7 Å². The Bertz CT molecular complexity index is 556. The molecule has 7 nitrogen and oxygen atoms in total. The molecular weight excluding hydrogens is 258 g/mol. The number of carbonyl (C=O) groups excluding carboxylic acids is 1. The highest BCUT2D eigenvalue weighted by Gasteiger charge is 2.12. The lowest BCUT2D eigenvalue weighted by Gasteiger charge is -2.16. The van der Waals surface area contributed by atoms with Gasteiger partial charge in [-0.1, -0.05) is 18.2 Å². The predicted molar refractivity (Wildman–Crippen MR) is 72.7 cm³/mol. The quantitative estimate of drug-likeness (QED) is 0.790. The molecule has 0 saturated carbocycles. The number of rotatable bonds is 6. The second-order valence-corrected chi connectivity index (χ2v) is 4.28. The van der Waals surface area contributed by atoms with Crippen molar-refractivity contribution in [3.8, 4) is 5.75 Å². The topological polar surface area (TPSA) is 97.1 Å². The first-order chi connectivity index (χ1) is 9.70. The van der Waals surface area contributed by atoms with Crippen LogP contribution in [0.3, 0.4) is 0 Å². The number of hydrogen-bond donors (Lipinski definition) is 2. The first-order valence-electron chi connectivity index (χ1n) is 6.19. The molecule has 0 spiro atoms. The molecule has 0 fully saturated rings. The Morgan fingerprint density at radius 3 is 2.95 bits per heavy atom. The third-order valence-electron chi connectivity index (χ3n) is 2.82. The van der Waals surface area contributed by atoms with Crippen molar-refractivity contribution in [2.75, 3.05) is 13.7 Å². The second kappa shape index (κ2) is 6.67. The molecule has 3 N–H and O–H groups in total. The van der Waals surface area contributed by atoms with Gasteiger partial charge in [-0.05, 0) is 6.07 Å². The van der Waals surface area contributed by atoms with E-state index in [9.17, 15) is 4.79 Å². The highest BCUT2D eigenvalue weighted by Crippen LogP contribution is 2.16. The van der Waals surface area contributed by atoms with Crippen LogP contribution < -0.4 is 10.5 Å². The van der Waals surface area contributed by atoms with Gasteiger partial charge in [0, 0.05) is 19.2 Å². The van der Waals surface area contributed by atoms with Crippen LogP contribution in [0.2, 0.25) is 0 Å². The summed E-state index contributed by atoms with van der Waals surface area (Å²) in [4.78, 5) is 17.4. The Kier molecular flexibility index (Phi) is 4.67. The van der Waals surface area contributed by atoms with Crippen molar-refractivity contribution in [3.63, 3.8) is 0 Å². The summed E-state index contributed by atoms with van der Waals surface area (Å²) in [6.07, 6.45) is 1.40. The molecule has 0 atom stereocenters. The minimum absolute atomic E-state index is 0.0400. The van der Waals surface area contributed by atoms with E-state index in [0.717, 1.165) is 5.56 Å². The summed E-state index contributed by atoms with van der Waals surface area (Å²) < 4.78 is 5.51. The highest BCUT2D eigenvalue weighted by atomic mass is 16.5. The number of ether oxygens (including phenoxy) is 1. The van der Waals surface area contributed by atoms with E-state index in [1.807, 2.05) is 18.2 Å². The smallest absolute Gasteiger partial charge is 0.260 e. The van der Waals surface area contributed by atoms with Gasteiger partial charge in [0.25, 0.3) is 5.91 Å². The third kappa shape index (κ3) is 3.55. The fourth-order valence-electron chi connectivity index (χ4n) is 1.68. The standard InChI is InChI=1S/C13H17N5O2/c1-18(7-12-15-9-16-17-12)13(19)8-20-11-5-3-2-4-10(11)6-14/h2-5,9H,6-8,14H2,1H3,(H,15,16,17). The fourth-order valence-corrected chi connectivity index (χ4v) is 1.68. The molecule has 0 radical (unpaired) electrons. The lowest BCUT2D eigenvalue weighted by atomic mass is 10.2. The van der Waals surface area contributed by atoms with Gasteiger partial charge in [0.2, 0.25) is 0 Å². The van der Waals surface area contributed by atoms with Crippen LogP contribution in [-0.4, -0.2) is 39.6 Å². The molecule has 1 heterocycles. The summed E-state index contributed by atoms with van der Waals surface area (Å²) in [5.41, 5.74) is 6.49. The molecule has 0 aliphatic heterocycles. The zero-order chi connectivity index (χ0) is 14.4. The number of benzene rings is 1. The monoisotopic (exact) mass is 275 g/mol. The Morgan fingerprint density at radius 2 is 2.25 bits per heavy atom. The number of nitrogens with one attached hydrogen (secondary N) is 1. The average Bonchev–Trinajstić information content (AvgIpc) is 2.97. The maximum Gasteiger partial charge on any atom is 0.260 e. The van der Waals surface area contributed by atoms with Gasteiger partial charge in [-0.2, -0.15) is 5.10 Å². The lowest BCUT2D eigenvalue weighted by molar-refractivity contribution is -0.132. The summed E-state index contributed by atoms with van der Waals surface area (Å²) in [6, 6.07) is 7.40. The van der Waals surface area contributed by atoms with Gasteiger partial charge < -0.3 is 15.4 Å². The molecule has 1 amide bonds. The molecule has 1 aromatic heterocycles. The minimum atomic E-state index is -0.145. The molecule has 2 rings (SSSR count). The van der Waals surface area contributed by atoms with Crippen molar-refractivity contribution in [2.45, 2.75) is 13.1 Å². The van der Waals surface area contributed by atoms with Gasteiger partial charge in [0.1, 0.15) is 17.9 Å². The number of carbonyl (C=O) groups is 1. The SMILES string of the molecule is CN(Cc1ncn[nH]1)C(=O)COc1ccccc1CN. The molecule has 20 heavy (non-hydrogen) atoms. The molecule has 0 saturated heterocycles. The van der Waals surface area contributed by atoms with E-state index in [2.05, 4.69) is 15.2 Å². The van der Waals surface area contributed by atoms with Crippen LogP contribution in [0.4, 0.5) is 0 Å². The molecular formula is C13H17N5O2. The minimum Gasteiger partial charge on any atom is -0.483 e. The van der Waals surface area contributed by atoms with Gasteiger partial charge in [0.05, 0.1) is 6.54 Å². The Balaban J connectivity index is 1.88. The van der Waals surface area contributed by atoms with Gasteiger partial charge in [-0.3, -0.25) is 9.89 Å². The summed E-state index contributed by atoms with van der Waals surface area (Å²) in [6.45, 7) is 0.695. The third-order valence-corrected chi connectivity index (χ3v) is 2.82. The summed E-state index contributed by atoms with van der Waals surface area (Å²) in [5, 5.41) is 6.43. The van der Waals surface area contributed by atoms with Crippen molar-refractivity contribution >= 4 is 5.91 Å². The van der Waals surface area contributed by atoms with Crippen molar-refractivity contribution in [1.82, 2.24) is 20.1 Å². The first kappa shape index (κ1) is 14.0. The van der Waals surface area contributed by atoms with E-state index in [1.165, 1.54) is 11.2 Å². The zero-order valence-corrected chi connectivity index (χ0v) is 11.2. The van der Waals surface area contributed by atoms with Crippen molar-refractivity contribution in [1.29, 1.82) is 0 Å². The number of hydrogen-bond acceptors (Lipinski definition) is 5. The highest BCUT2D eigenvalue weighted by molar-refractivity contribution is 5.77. The van der Waals surface area contributed by atoms with Crippen molar-refractivity contribution < 1.29 is 9.53 Å². The van der Waals surface area contributed by atoms with E-state index in [-0.39, 0.29) is 12.5 Å². The zero-order valence-electron chi connectivity index (χ0n) is 11.2. The molecule has 0 aliphatic carbocycles. The van der Waals surface area contributed by atoms with E-state index in [4.69, 9.17) is 10.5 Å². The van der Waals surface area contributed by atoms with Crippen molar-refractivity contribution in [2.24, 2.45) is 5.73 Å². The Labute approximate surface area is 116 Å². The molecule has 0 aliphatic rings. The largest absolute Gasteiger partial charge is 0.483 e. The van der Waals surface area contributed by atoms with E-state index in [1.54, 1.807) is 13.1 Å². The van der Waals surface area contributed by atoms with Gasteiger partial charge in [-0.15, -0.1) is 0 Å². The molecule has 0 unspecified atom stereocenters. The normalized spacial score (nSPS) is 10.3. The number of likely N-dealkylation sites (N-methyl/N-ethyl adjacent to an activating group) is 1. The van der Waals surface area contributed by atoms with Gasteiger partial charge in [-0.25, -0.2) is 4.98 Å². The molecule has 1 aromatic carbocycles.